The average Bonchev–Trinajstić information content (AvgIpc) is 2.16. The topological polar surface area (TPSA) is 67.6 Å². The number of rotatable bonds is 2. The van der Waals surface area contributed by atoms with E-state index < -0.39 is 17.6 Å². The van der Waals surface area contributed by atoms with Crippen LogP contribution in [-0.2, 0) is 4.84 Å². The lowest BCUT2D eigenvalue weighted by Gasteiger charge is -2.17. The number of anilines is 1. The summed E-state index contributed by atoms with van der Waals surface area (Å²) in [4.78, 5) is 14.2. The molecule has 5 nitrogen and oxygen atoms in total. The zero-order valence-electron chi connectivity index (χ0n) is 7.86. The van der Waals surface area contributed by atoms with Gasteiger partial charge in [-0.1, -0.05) is 18.2 Å². The Morgan fingerprint density at radius 3 is 2.38 bits per heavy atom. The summed E-state index contributed by atoms with van der Waals surface area (Å²) < 4.78 is 35.0. The first-order valence-electron chi connectivity index (χ1n) is 4.05. The average molecular weight is 235 g/mol. The number of nitrogens with two attached hydrogens (primary N) is 1. The molecule has 0 atom stereocenters. The fraction of sp³-hybridized carbons (Fsp3) is 0.125. The summed E-state index contributed by atoms with van der Waals surface area (Å²) in [5, 5.41) is 1.68. The number of benzene rings is 1. The standard InChI is InChI=1S/C8H8F3N3O2/c9-8(10,11)16-14(12)7(15)13-6-4-2-1-3-5-6/h1-5H,12H2,(H,13,15). The Morgan fingerprint density at radius 1 is 1.31 bits per heavy atom. The quantitative estimate of drug-likeness (QED) is 0.467. The second-order valence-corrected chi connectivity index (χ2v) is 2.66. The third-order valence-electron chi connectivity index (χ3n) is 1.43. The molecule has 0 aromatic heterocycles. The van der Waals surface area contributed by atoms with Gasteiger partial charge in [0.15, 0.2) is 0 Å². The van der Waals surface area contributed by atoms with Gasteiger partial charge >= 0.3 is 12.4 Å². The van der Waals surface area contributed by atoms with E-state index in [1.54, 1.807) is 18.2 Å². The minimum absolute atomic E-state index is 0.300. The molecule has 0 spiro atoms. The molecule has 0 bridgehead atoms. The molecule has 1 aromatic carbocycles. The fourth-order valence-electron chi connectivity index (χ4n) is 0.853. The van der Waals surface area contributed by atoms with Crippen LogP contribution < -0.4 is 11.2 Å². The maximum Gasteiger partial charge on any atom is 0.545 e. The van der Waals surface area contributed by atoms with E-state index in [-0.39, 0.29) is 0 Å². The van der Waals surface area contributed by atoms with Crippen molar-refractivity contribution in [3.05, 3.63) is 30.3 Å². The van der Waals surface area contributed by atoms with Gasteiger partial charge in [-0.25, -0.2) is 10.6 Å². The molecular weight excluding hydrogens is 227 g/mol. The van der Waals surface area contributed by atoms with Crippen LogP contribution in [0.25, 0.3) is 0 Å². The van der Waals surface area contributed by atoms with E-state index in [1.807, 2.05) is 0 Å². The Hall–Kier alpha value is -1.80. The number of amides is 2. The van der Waals surface area contributed by atoms with Crippen molar-refractivity contribution in [3.63, 3.8) is 0 Å². The number of hydroxylamine groups is 1. The number of hydrogen-bond donors (Lipinski definition) is 2. The number of hydrogen-bond acceptors (Lipinski definition) is 3. The number of para-hydroxylation sites is 1. The van der Waals surface area contributed by atoms with E-state index in [1.165, 1.54) is 12.1 Å². The third-order valence-corrected chi connectivity index (χ3v) is 1.43. The van der Waals surface area contributed by atoms with Gasteiger partial charge in [0.05, 0.1) is 0 Å². The first kappa shape index (κ1) is 12.3. The highest BCUT2D eigenvalue weighted by atomic mass is 19.4. The van der Waals surface area contributed by atoms with Crippen molar-refractivity contribution in [1.29, 1.82) is 0 Å². The molecule has 0 fully saturated rings. The predicted octanol–water partition coefficient (Wildman–Crippen LogP) is 1.85. The van der Waals surface area contributed by atoms with E-state index in [2.05, 4.69) is 10.2 Å². The largest absolute Gasteiger partial charge is 0.545 e. The molecule has 0 saturated heterocycles. The smallest absolute Gasteiger partial charge is 0.305 e. The van der Waals surface area contributed by atoms with Crippen LogP contribution in [0.4, 0.5) is 23.7 Å². The number of halogens is 3. The summed E-state index contributed by atoms with van der Waals surface area (Å²) in [5.41, 5.74) is 0.300. The third kappa shape index (κ3) is 4.15. The van der Waals surface area contributed by atoms with Crippen LogP contribution in [0.15, 0.2) is 30.3 Å². The maximum absolute atomic E-state index is 11.7. The van der Waals surface area contributed by atoms with Crippen LogP contribution in [0.2, 0.25) is 0 Å². The van der Waals surface area contributed by atoms with Crippen molar-refractivity contribution in [1.82, 2.24) is 5.17 Å². The Bertz CT molecular complexity index is 355. The lowest BCUT2D eigenvalue weighted by atomic mass is 10.3. The molecular formula is C8H8F3N3O2. The molecule has 0 radical (unpaired) electrons. The van der Waals surface area contributed by atoms with Crippen molar-refractivity contribution in [2.24, 2.45) is 5.84 Å². The Morgan fingerprint density at radius 2 is 1.88 bits per heavy atom. The molecule has 8 heteroatoms. The van der Waals surface area contributed by atoms with Gasteiger partial charge in [-0.05, 0) is 12.1 Å². The monoisotopic (exact) mass is 235 g/mol. The molecule has 88 valence electrons. The van der Waals surface area contributed by atoms with Crippen molar-refractivity contribution in [2.45, 2.75) is 6.36 Å². The van der Waals surface area contributed by atoms with Gasteiger partial charge < -0.3 is 5.32 Å². The van der Waals surface area contributed by atoms with E-state index >= 15 is 0 Å². The van der Waals surface area contributed by atoms with Crippen molar-refractivity contribution in [2.75, 3.05) is 5.32 Å². The highest BCUT2D eigenvalue weighted by Gasteiger charge is 2.34. The number of carbonyl (C=O) groups excluding carboxylic acids is 1. The molecule has 0 aliphatic heterocycles. The highest BCUT2D eigenvalue weighted by Crippen LogP contribution is 2.17. The molecule has 3 N–H and O–H groups in total. The van der Waals surface area contributed by atoms with Gasteiger partial charge in [0.25, 0.3) is 0 Å². The zero-order chi connectivity index (χ0) is 12.2. The highest BCUT2D eigenvalue weighted by molar-refractivity contribution is 5.88. The number of alkyl halides is 3. The number of nitrogens with one attached hydrogen (secondary N) is 1. The Labute approximate surface area is 88.5 Å². The summed E-state index contributed by atoms with van der Waals surface area (Å²) in [6.07, 6.45) is -5.01. The summed E-state index contributed by atoms with van der Waals surface area (Å²) in [6.45, 7) is 0. The molecule has 0 heterocycles. The lowest BCUT2D eigenvalue weighted by Crippen LogP contribution is -2.44. The second-order valence-electron chi connectivity index (χ2n) is 2.66. The van der Waals surface area contributed by atoms with Crippen LogP contribution in [0, 0.1) is 0 Å². The van der Waals surface area contributed by atoms with Crippen LogP contribution in [0.5, 0.6) is 0 Å². The summed E-state index contributed by atoms with van der Waals surface area (Å²) in [7, 11) is 0. The second kappa shape index (κ2) is 4.81. The number of nitrogens with zero attached hydrogens (tertiary/aromatic N) is 1. The molecule has 0 aliphatic carbocycles. The maximum atomic E-state index is 11.7. The van der Waals surface area contributed by atoms with Crippen molar-refractivity contribution < 1.29 is 22.8 Å². The summed E-state index contributed by atoms with van der Waals surface area (Å²) in [5.74, 6) is 4.73. The lowest BCUT2D eigenvalue weighted by molar-refractivity contribution is -0.399. The first-order valence-corrected chi connectivity index (χ1v) is 4.05. The summed E-state index contributed by atoms with van der Waals surface area (Å²) >= 11 is 0. The molecule has 0 saturated carbocycles. The van der Waals surface area contributed by atoms with Crippen LogP contribution in [0.3, 0.4) is 0 Å². The normalized spacial score (nSPS) is 11.0. The number of urea groups is 1. The molecule has 16 heavy (non-hydrogen) atoms. The zero-order valence-corrected chi connectivity index (χ0v) is 7.86. The van der Waals surface area contributed by atoms with Crippen LogP contribution in [0.1, 0.15) is 0 Å². The minimum Gasteiger partial charge on any atom is -0.305 e. The van der Waals surface area contributed by atoms with Gasteiger partial charge in [-0.15, -0.1) is 18.3 Å². The fourth-order valence-corrected chi connectivity index (χ4v) is 0.853. The molecule has 0 unspecified atom stereocenters. The summed E-state index contributed by atoms with van der Waals surface area (Å²) in [6, 6.07) is 6.62. The SMILES string of the molecule is NN(OC(F)(F)F)C(=O)Nc1ccccc1. The predicted molar refractivity (Wildman–Crippen MR) is 48.6 cm³/mol. The number of carbonyl (C=O) groups is 1. The van der Waals surface area contributed by atoms with Gasteiger partial charge in [-0.3, -0.25) is 0 Å². The van der Waals surface area contributed by atoms with Gasteiger partial charge in [0, 0.05) is 5.69 Å². The van der Waals surface area contributed by atoms with E-state index in [0.717, 1.165) is 0 Å². The molecule has 0 aliphatic rings. The van der Waals surface area contributed by atoms with Gasteiger partial charge in [0.1, 0.15) is 0 Å². The molecule has 1 rings (SSSR count). The Kier molecular flexibility index (Phi) is 3.69. The van der Waals surface area contributed by atoms with Crippen LogP contribution in [-0.4, -0.2) is 17.6 Å². The van der Waals surface area contributed by atoms with Crippen LogP contribution >= 0.6 is 0 Å². The van der Waals surface area contributed by atoms with E-state index in [4.69, 9.17) is 5.84 Å². The minimum atomic E-state index is -5.01. The van der Waals surface area contributed by atoms with Crippen molar-refractivity contribution >= 4 is 11.7 Å². The van der Waals surface area contributed by atoms with Gasteiger partial charge in [0.2, 0.25) is 0 Å². The Balaban J connectivity index is 2.53. The first-order chi connectivity index (χ1) is 7.38. The van der Waals surface area contributed by atoms with Gasteiger partial charge in [-0.2, -0.15) is 4.84 Å². The van der Waals surface area contributed by atoms with E-state index in [0.29, 0.717) is 5.69 Å². The van der Waals surface area contributed by atoms with E-state index in [9.17, 15) is 18.0 Å². The number of hydrazine groups is 1. The molecule has 2 amide bonds. The molecule has 1 aromatic rings. The van der Waals surface area contributed by atoms with Crippen molar-refractivity contribution in [3.8, 4) is 0 Å².